The largest absolute Gasteiger partial charge is 0.316 e. The minimum atomic E-state index is -2.75. The van der Waals surface area contributed by atoms with Crippen LogP contribution in [-0.4, -0.2) is 25.4 Å². The third-order valence-corrected chi connectivity index (χ3v) is 12.1. The minimum Gasteiger partial charge on any atom is -0.316 e. The molecule has 33 heavy (non-hydrogen) atoms. The standard InChI is InChI=1S/C28H29NO2P2/c30-32(25-13-5-1-6-14-25,26-15-7-2-8-16-26)23-21-29-22-24-33(31,27-17-9-3-10-18-27)28-19-11-4-12-20-28/h1-20,29H,21-24H2. The first-order chi connectivity index (χ1) is 16.1. The Hall–Kier alpha value is -2.70. The summed E-state index contributed by atoms with van der Waals surface area (Å²) < 4.78 is 28.2. The topological polar surface area (TPSA) is 46.2 Å². The summed E-state index contributed by atoms with van der Waals surface area (Å²) in [7, 11) is -5.51. The number of nitrogens with one attached hydrogen (secondary N) is 1. The van der Waals surface area contributed by atoms with Gasteiger partial charge in [-0.3, -0.25) is 0 Å². The summed E-state index contributed by atoms with van der Waals surface area (Å²) >= 11 is 0. The maximum atomic E-state index is 14.1. The molecule has 4 aromatic rings. The summed E-state index contributed by atoms with van der Waals surface area (Å²) in [6.45, 7) is 1.18. The second-order valence-corrected chi connectivity index (χ2v) is 13.9. The van der Waals surface area contributed by atoms with Gasteiger partial charge in [0.1, 0.15) is 14.3 Å². The van der Waals surface area contributed by atoms with Gasteiger partial charge in [-0.1, -0.05) is 121 Å². The van der Waals surface area contributed by atoms with E-state index in [2.05, 4.69) is 5.32 Å². The molecule has 0 unspecified atom stereocenters. The van der Waals surface area contributed by atoms with Gasteiger partial charge in [0.05, 0.1) is 0 Å². The molecule has 0 heterocycles. The predicted molar refractivity (Wildman–Crippen MR) is 142 cm³/mol. The molecule has 168 valence electrons. The van der Waals surface area contributed by atoms with E-state index in [9.17, 15) is 9.13 Å². The quantitative estimate of drug-likeness (QED) is 0.270. The van der Waals surface area contributed by atoms with Crippen molar-refractivity contribution in [1.82, 2.24) is 5.32 Å². The Morgan fingerprint density at radius 1 is 0.424 bits per heavy atom. The Kier molecular flexibility index (Phi) is 7.78. The van der Waals surface area contributed by atoms with E-state index in [1.807, 2.05) is 121 Å². The lowest BCUT2D eigenvalue weighted by atomic mass is 10.4. The molecule has 0 aromatic heterocycles. The maximum absolute atomic E-state index is 14.1. The van der Waals surface area contributed by atoms with E-state index in [0.29, 0.717) is 25.4 Å². The van der Waals surface area contributed by atoms with Crippen molar-refractivity contribution >= 4 is 35.5 Å². The van der Waals surface area contributed by atoms with Gasteiger partial charge in [0.25, 0.3) is 0 Å². The molecular formula is C28H29NO2P2. The van der Waals surface area contributed by atoms with Crippen molar-refractivity contribution in [2.45, 2.75) is 0 Å². The Labute approximate surface area is 196 Å². The third-order valence-electron chi connectivity index (χ3n) is 5.90. The molecule has 0 saturated heterocycles. The number of hydrogen-bond donors (Lipinski definition) is 1. The number of benzene rings is 4. The molecule has 0 aliphatic carbocycles. The van der Waals surface area contributed by atoms with Gasteiger partial charge in [0.2, 0.25) is 0 Å². The zero-order valence-electron chi connectivity index (χ0n) is 18.6. The first-order valence-electron chi connectivity index (χ1n) is 11.2. The molecule has 0 bridgehead atoms. The second-order valence-electron chi connectivity index (χ2n) is 8.02. The van der Waals surface area contributed by atoms with Gasteiger partial charge < -0.3 is 14.4 Å². The van der Waals surface area contributed by atoms with E-state index >= 15 is 0 Å². The first kappa shape index (κ1) is 23.5. The second kappa shape index (κ2) is 10.9. The molecule has 4 aromatic carbocycles. The highest BCUT2D eigenvalue weighted by Gasteiger charge is 2.28. The molecule has 4 rings (SSSR count). The average molecular weight is 473 g/mol. The molecule has 1 N–H and O–H groups in total. The van der Waals surface area contributed by atoms with Crippen LogP contribution in [0, 0.1) is 0 Å². The van der Waals surface area contributed by atoms with Crippen molar-refractivity contribution in [2.24, 2.45) is 0 Å². The van der Waals surface area contributed by atoms with Crippen LogP contribution in [0.2, 0.25) is 0 Å². The fourth-order valence-electron chi connectivity index (χ4n) is 4.09. The van der Waals surface area contributed by atoms with Crippen LogP contribution in [0.25, 0.3) is 0 Å². The van der Waals surface area contributed by atoms with Crippen LogP contribution in [0.15, 0.2) is 121 Å². The molecule has 0 atom stereocenters. The van der Waals surface area contributed by atoms with Gasteiger partial charge in [-0.15, -0.1) is 0 Å². The van der Waals surface area contributed by atoms with Crippen LogP contribution in [-0.2, 0) is 9.13 Å². The highest BCUT2D eigenvalue weighted by molar-refractivity contribution is 7.79. The predicted octanol–water partition coefficient (Wildman–Crippen LogP) is 4.60. The van der Waals surface area contributed by atoms with Crippen LogP contribution in [0.3, 0.4) is 0 Å². The van der Waals surface area contributed by atoms with Crippen molar-refractivity contribution in [1.29, 1.82) is 0 Å². The molecular weight excluding hydrogens is 444 g/mol. The normalized spacial score (nSPS) is 11.9. The average Bonchev–Trinajstić information content (AvgIpc) is 2.90. The molecule has 0 radical (unpaired) electrons. The van der Waals surface area contributed by atoms with Gasteiger partial charge in [0, 0.05) is 46.6 Å². The van der Waals surface area contributed by atoms with Crippen LogP contribution in [0.4, 0.5) is 0 Å². The summed E-state index contributed by atoms with van der Waals surface area (Å²) in [4.78, 5) is 0. The number of rotatable bonds is 10. The third kappa shape index (κ3) is 5.45. The summed E-state index contributed by atoms with van der Waals surface area (Å²) in [5.41, 5.74) is 0. The first-order valence-corrected chi connectivity index (χ1v) is 15.0. The SMILES string of the molecule is O=P(CCNCCP(=O)(c1ccccc1)c1ccccc1)(c1ccccc1)c1ccccc1. The molecule has 0 aliphatic heterocycles. The van der Waals surface area contributed by atoms with Gasteiger partial charge in [-0.05, 0) is 0 Å². The van der Waals surface area contributed by atoms with Gasteiger partial charge in [0.15, 0.2) is 0 Å². The van der Waals surface area contributed by atoms with Crippen LogP contribution < -0.4 is 26.5 Å². The highest BCUT2D eigenvalue weighted by atomic mass is 31.2. The molecule has 0 spiro atoms. The Morgan fingerprint density at radius 3 is 0.909 bits per heavy atom. The van der Waals surface area contributed by atoms with Crippen LogP contribution in [0.1, 0.15) is 0 Å². The Morgan fingerprint density at radius 2 is 0.667 bits per heavy atom. The lowest BCUT2D eigenvalue weighted by molar-refractivity contribution is 0.582. The van der Waals surface area contributed by atoms with Crippen molar-refractivity contribution < 1.29 is 9.13 Å². The monoisotopic (exact) mass is 473 g/mol. The van der Waals surface area contributed by atoms with E-state index in [4.69, 9.17) is 0 Å². The summed E-state index contributed by atoms with van der Waals surface area (Å²) in [6.07, 6.45) is 1.03. The molecule has 0 saturated carbocycles. The van der Waals surface area contributed by atoms with E-state index in [0.717, 1.165) is 21.2 Å². The zero-order valence-corrected chi connectivity index (χ0v) is 20.4. The van der Waals surface area contributed by atoms with E-state index in [1.54, 1.807) is 0 Å². The fraction of sp³-hybridized carbons (Fsp3) is 0.143. The van der Waals surface area contributed by atoms with Crippen molar-refractivity contribution in [2.75, 3.05) is 25.4 Å². The Bertz CT molecular complexity index is 1040. The fourth-order valence-corrected chi connectivity index (χ4v) is 9.28. The molecule has 5 heteroatoms. The molecule has 0 aliphatic rings. The van der Waals surface area contributed by atoms with E-state index in [1.165, 1.54) is 0 Å². The molecule has 3 nitrogen and oxygen atoms in total. The molecule has 0 amide bonds. The van der Waals surface area contributed by atoms with Crippen molar-refractivity contribution in [3.63, 3.8) is 0 Å². The maximum Gasteiger partial charge on any atom is 0.144 e. The van der Waals surface area contributed by atoms with Gasteiger partial charge in [-0.2, -0.15) is 0 Å². The van der Waals surface area contributed by atoms with Crippen LogP contribution in [0.5, 0.6) is 0 Å². The van der Waals surface area contributed by atoms with Crippen molar-refractivity contribution in [3.8, 4) is 0 Å². The summed E-state index contributed by atoms with van der Waals surface area (Å²) in [6, 6.07) is 38.9. The lowest BCUT2D eigenvalue weighted by Gasteiger charge is -2.21. The van der Waals surface area contributed by atoms with Gasteiger partial charge in [-0.25, -0.2) is 0 Å². The lowest BCUT2D eigenvalue weighted by Crippen LogP contribution is -2.29. The summed E-state index contributed by atoms with van der Waals surface area (Å²) in [5, 5.41) is 6.92. The van der Waals surface area contributed by atoms with E-state index in [-0.39, 0.29) is 0 Å². The highest BCUT2D eigenvalue weighted by Crippen LogP contribution is 2.44. The minimum absolute atomic E-state index is 0.516. The number of hydrogen-bond acceptors (Lipinski definition) is 3. The van der Waals surface area contributed by atoms with Crippen LogP contribution >= 0.6 is 14.3 Å². The van der Waals surface area contributed by atoms with E-state index < -0.39 is 14.3 Å². The molecule has 0 fully saturated rings. The summed E-state index contributed by atoms with van der Waals surface area (Å²) in [5.74, 6) is 0. The van der Waals surface area contributed by atoms with Crippen molar-refractivity contribution in [3.05, 3.63) is 121 Å². The smallest absolute Gasteiger partial charge is 0.144 e. The Balaban J connectivity index is 1.47. The zero-order chi connectivity index (χ0) is 23.0. The van der Waals surface area contributed by atoms with Gasteiger partial charge >= 0.3 is 0 Å².